The number of piperidine rings is 1. The van der Waals surface area contributed by atoms with Gasteiger partial charge in [-0.05, 0) is 26.3 Å². The van der Waals surface area contributed by atoms with Crippen LogP contribution in [-0.2, 0) is 9.59 Å². The van der Waals surface area contributed by atoms with E-state index in [1.165, 1.54) is 6.42 Å². The topological polar surface area (TPSA) is 61.4 Å². The molecule has 0 aliphatic carbocycles. The Morgan fingerprint density at radius 1 is 1.12 bits per heavy atom. The maximum atomic E-state index is 11.6. The number of likely N-dealkylation sites (tertiary alicyclic amines) is 1. The van der Waals surface area contributed by atoms with Crippen LogP contribution < -0.4 is 10.6 Å². The molecule has 1 fully saturated rings. The molecule has 6 heteroatoms. The SMILES string of the molecule is CNCC(=O)NCC(=O)N1CCCCC1.Cl. The summed E-state index contributed by atoms with van der Waals surface area (Å²) in [5, 5.41) is 5.32. The van der Waals surface area contributed by atoms with Gasteiger partial charge in [0.25, 0.3) is 0 Å². The third-order valence-electron chi connectivity index (χ3n) is 2.48. The molecule has 0 spiro atoms. The number of amides is 2. The van der Waals surface area contributed by atoms with Gasteiger partial charge >= 0.3 is 0 Å². The van der Waals surface area contributed by atoms with Crippen molar-refractivity contribution in [1.82, 2.24) is 15.5 Å². The van der Waals surface area contributed by atoms with Crippen LogP contribution in [0, 0.1) is 0 Å². The van der Waals surface area contributed by atoms with E-state index in [9.17, 15) is 9.59 Å². The molecule has 0 bridgehead atoms. The summed E-state index contributed by atoms with van der Waals surface area (Å²) in [4.78, 5) is 24.5. The van der Waals surface area contributed by atoms with E-state index in [1.807, 2.05) is 4.90 Å². The highest BCUT2D eigenvalue weighted by atomic mass is 35.5. The van der Waals surface area contributed by atoms with Crippen LogP contribution >= 0.6 is 12.4 Å². The molecule has 0 unspecified atom stereocenters. The lowest BCUT2D eigenvalue weighted by atomic mass is 10.1. The van der Waals surface area contributed by atoms with E-state index in [0.29, 0.717) is 0 Å². The molecule has 1 aliphatic heterocycles. The molecule has 1 heterocycles. The normalized spacial score (nSPS) is 15.2. The number of rotatable bonds is 4. The maximum Gasteiger partial charge on any atom is 0.241 e. The van der Waals surface area contributed by atoms with Crippen molar-refractivity contribution in [3.8, 4) is 0 Å². The molecule has 1 aliphatic rings. The fourth-order valence-electron chi connectivity index (χ4n) is 1.65. The fourth-order valence-corrected chi connectivity index (χ4v) is 1.65. The Morgan fingerprint density at radius 3 is 2.31 bits per heavy atom. The Morgan fingerprint density at radius 2 is 1.75 bits per heavy atom. The summed E-state index contributed by atoms with van der Waals surface area (Å²) < 4.78 is 0. The van der Waals surface area contributed by atoms with Gasteiger partial charge in [0.15, 0.2) is 0 Å². The minimum absolute atomic E-state index is 0. The van der Waals surface area contributed by atoms with E-state index in [-0.39, 0.29) is 37.3 Å². The zero-order valence-electron chi connectivity index (χ0n) is 9.62. The van der Waals surface area contributed by atoms with E-state index >= 15 is 0 Å². The van der Waals surface area contributed by atoms with E-state index in [4.69, 9.17) is 0 Å². The maximum absolute atomic E-state index is 11.6. The zero-order valence-corrected chi connectivity index (χ0v) is 10.4. The molecular weight excluding hydrogens is 230 g/mol. The molecule has 0 aromatic heterocycles. The average Bonchev–Trinajstić information content (AvgIpc) is 2.27. The van der Waals surface area contributed by atoms with Gasteiger partial charge in [0.2, 0.25) is 11.8 Å². The van der Waals surface area contributed by atoms with Crippen LogP contribution in [0.15, 0.2) is 0 Å². The number of halogens is 1. The van der Waals surface area contributed by atoms with Crippen LogP contribution in [0.1, 0.15) is 19.3 Å². The number of nitrogens with zero attached hydrogens (tertiary/aromatic N) is 1. The third kappa shape index (κ3) is 5.32. The lowest BCUT2D eigenvalue weighted by Crippen LogP contribution is -2.44. The molecule has 0 aromatic carbocycles. The minimum Gasteiger partial charge on any atom is -0.346 e. The van der Waals surface area contributed by atoms with Gasteiger partial charge in [-0.15, -0.1) is 12.4 Å². The summed E-state index contributed by atoms with van der Waals surface area (Å²) in [6.45, 7) is 2.05. The number of hydrogen-bond acceptors (Lipinski definition) is 3. The first-order valence-electron chi connectivity index (χ1n) is 5.43. The van der Waals surface area contributed by atoms with Crippen LogP contribution in [0.5, 0.6) is 0 Å². The van der Waals surface area contributed by atoms with Crippen molar-refractivity contribution in [3.05, 3.63) is 0 Å². The molecule has 0 saturated carbocycles. The third-order valence-corrected chi connectivity index (χ3v) is 2.48. The van der Waals surface area contributed by atoms with Gasteiger partial charge in [-0.25, -0.2) is 0 Å². The van der Waals surface area contributed by atoms with Crippen LogP contribution in [-0.4, -0.2) is 49.9 Å². The van der Waals surface area contributed by atoms with Crippen molar-refractivity contribution >= 4 is 24.2 Å². The van der Waals surface area contributed by atoms with E-state index in [2.05, 4.69) is 10.6 Å². The molecule has 1 rings (SSSR count). The average molecular weight is 250 g/mol. The van der Waals surface area contributed by atoms with Gasteiger partial charge in [-0.2, -0.15) is 0 Å². The van der Waals surface area contributed by atoms with Gasteiger partial charge in [-0.3, -0.25) is 9.59 Å². The minimum atomic E-state index is -0.136. The Hall–Kier alpha value is -0.810. The highest BCUT2D eigenvalue weighted by molar-refractivity contribution is 5.85. The highest BCUT2D eigenvalue weighted by Gasteiger charge is 2.16. The lowest BCUT2D eigenvalue weighted by molar-refractivity contribution is -0.133. The molecule has 0 radical (unpaired) electrons. The van der Waals surface area contributed by atoms with Crippen molar-refractivity contribution in [2.75, 3.05) is 33.2 Å². The van der Waals surface area contributed by atoms with Crippen molar-refractivity contribution < 1.29 is 9.59 Å². The molecular formula is C10H20ClN3O2. The van der Waals surface area contributed by atoms with Gasteiger partial charge in [-0.1, -0.05) is 0 Å². The monoisotopic (exact) mass is 249 g/mol. The number of likely N-dealkylation sites (N-methyl/N-ethyl adjacent to an activating group) is 1. The lowest BCUT2D eigenvalue weighted by Gasteiger charge is -2.26. The first-order valence-corrected chi connectivity index (χ1v) is 5.43. The molecule has 5 nitrogen and oxygen atoms in total. The molecule has 2 N–H and O–H groups in total. The van der Waals surface area contributed by atoms with Gasteiger partial charge < -0.3 is 15.5 Å². The zero-order chi connectivity index (χ0) is 11.1. The first kappa shape index (κ1) is 15.2. The summed E-state index contributed by atoms with van der Waals surface area (Å²) in [5.74, 6) is -0.109. The number of nitrogens with one attached hydrogen (secondary N) is 2. The van der Waals surface area contributed by atoms with Crippen LogP contribution in [0.4, 0.5) is 0 Å². The standard InChI is InChI=1S/C10H19N3O2.ClH/c1-11-7-9(14)12-8-10(15)13-5-3-2-4-6-13;/h11H,2-8H2,1H3,(H,12,14);1H. The quantitative estimate of drug-likeness (QED) is 0.723. The van der Waals surface area contributed by atoms with E-state index in [1.54, 1.807) is 7.05 Å². The molecule has 94 valence electrons. The summed E-state index contributed by atoms with van der Waals surface area (Å²) >= 11 is 0. The highest BCUT2D eigenvalue weighted by Crippen LogP contribution is 2.07. The van der Waals surface area contributed by atoms with Crippen LogP contribution in [0.25, 0.3) is 0 Å². The van der Waals surface area contributed by atoms with Crippen molar-refractivity contribution in [2.45, 2.75) is 19.3 Å². The van der Waals surface area contributed by atoms with Crippen LogP contribution in [0.2, 0.25) is 0 Å². The van der Waals surface area contributed by atoms with Crippen molar-refractivity contribution in [1.29, 1.82) is 0 Å². The summed E-state index contributed by atoms with van der Waals surface area (Å²) in [5.41, 5.74) is 0. The Bertz CT molecular complexity index is 230. The number of hydrogen-bond donors (Lipinski definition) is 2. The number of carbonyl (C=O) groups is 2. The smallest absolute Gasteiger partial charge is 0.241 e. The molecule has 0 atom stereocenters. The van der Waals surface area contributed by atoms with Crippen molar-refractivity contribution in [3.63, 3.8) is 0 Å². The first-order chi connectivity index (χ1) is 7.24. The predicted octanol–water partition coefficient (Wildman–Crippen LogP) is -0.244. The number of carbonyl (C=O) groups excluding carboxylic acids is 2. The predicted molar refractivity (Wildman–Crippen MR) is 64.6 cm³/mol. The van der Waals surface area contributed by atoms with Gasteiger partial charge in [0, 0.05) is 13.1 Å². The fraction of sp³-hybridized carbons (Fsp3) is 0.800. The largest absolute Gasteiger partial charge is 0.346 e. The summed E-state index contributed by atoms with van der Waals surface area (Å²) in [6.07, 6.45) is 3.36. The van der Waals surface area contributed by atoms with E-state index in [0.717, 1.165) is 25.9 Å². The molecule has 0 aromatic rings. The van der Waals surface area contributed by atoms with Gasteiger partial charge in [0.05, 0.1) is 13.1 Å². The molecule has 16 heavy (non-hydrogen) atoms. The Kier molecular flexibility index (Phi) is 7.93. The Labute approximate surface area is 102 Å². The second-order valence-electron chi connectivity index (χ2n) is 3.75. The van der Waals surface area contributed by atoms with Crippen molar-refractivity contribution in [2.24, 2.45) is 0 Å². The van der Waals surface area contributed by atoms with Gasteiger partial charge in [0.1, 0.15) is 0 Å². The second kappa shape index (κ2) is 8.35. The Balaban J connectivity index is 0.00000225. The summed E-state index contributed by atoms with van der Waals surface area (Å²) in [7, 11) is 1.70. The van der Waals surface area contributed by atoms with Crippen LogP contribution in [0.3, 0.4) is 0 Å². The summed E-state index contributed by atoms with van der Waals surface area (Å²) in [6, 6.07) is 0. The molecule has 2 amide bonds. The van der Waals surface area contributed by atoms with E-state index < -0.39 is 0 Å². The second-order valence-corrected chi connectivity index (χ2v) is 3.75. The molecule has 1 saturated heterocycles.